The molecule has 2 heterocycles. The highest BCUT2D eigenvalue weighted by atomic mass is 32.2. The van der Waals surface area contributed by atoms with Crippen LogP contribution in [0, 0.1) is 17.6 Å². The average molecular weight is 428 g/mol. The number of hydrogen-bond donors (Lipinski definition) is 3. The van der Waals surface area contributed by atoms with Crippen molar-refractivity contribution in [3.63, 3.8) is 0 Å². The number of benzene rings is 1. The van der Waals surface area contributed by atoms with Gasteiger partial charge in [0.2, 0.25) is 5.96 Å². The number of fused-ring (bicyclic) bond motifs is 1. The van der Waals surface area contributed by atoms with Gasteiger partial charge in [-0.05, 0) is 30.4 Å². The summed E-state index contributed by atoms with van der Waals surface area (Å²) >= 11 is 1.32. The van der Waals surface area contributed by atoms with Crippen molar-refractivity contribution in [2.75, 3.05) is 6.61 Å². The van der Waals surface area contributed by atoms with Gasteiger partial charge in [-0.1, -0.05) is 26.0 Å². The average Bonchev–Trinajstić information content (AvgIpc) is 2.98. The van der Waals surface area contributed by atoms with Crippen LogP contribution < -0.4 is 11.1 Å². The first-order valence-electron chi connectivity index (χ1n) is 8.83. The molecule has 1 aromatic rings. The molecular formula is C18H23F2N5OS2. The molecule has 0 saturated carbocycles. The third-order valence-corrected chi connectivity index (χ3v) is 6.91. The minimum atomic E-state index is -0.860. The van der Waals surface area contributed by atoms with Crippen molar-refractivity contribution in [2.24, 2.45) is 21.0 Å². The van der Waals surface area contributed by atoms with Gasteiger partial charge >= 0.3 is 0 Å². The van der Waals surface area contributed by atoms with E-state index >= 15 is 0 Å². The molecule has 0 bridgehead atoms. The number of rotatable bonds is 8. The van der Waals surface area contributed by atoms with Crippen LogP contribution in [0.2, 0.25) is 0 Å². The number of guanidine groups is 1. The van der Waals surface area contributed by atoms with Crippen LogP contribution in [0.25, 0.3) is 0 Å². The minimum Gasteiger partial charge on any atom is -0.394 e. The Balaban J connectivity index is 1.79. The highest BCUT2D eigenvalue weighted by Crippen LogP contribution is 2.36. The lowest BCUT2D eigenvalue weighted by molar-refractivity contribution is 0.234. The highest BCUT2D eigenvalue weighted by Gasteiger charge is 2.29. The molecule has 1 aromatic carbocycles. The van der Waals surface area contributed by atoms with E-state index in [2.05, 4.69) is 28.5 Å². The van der Waals surface area contributed by atoms with Crippen LogP contribution in [-0.2, 0) is 16.4 Å². The quantitative estimate of drug-likeness (QED) is 0.555. The van der Waals surface area contributed by atoms with Gasteiger partial charge in [0.15, 0.2) is 11.6 Å². The number of nitrogens with zero attached hydrogens (tertiary/aromatic N) is 3. The number of nitrogens with two attached hydrogens (primary N) is 1. The number of aliphatic hydroxyl groups is 1. The molecule has 0 spiro atoms. The van der Waals surface area contributed by atoms with Crippen molar-refractivity contribution in [1.82, 2.24) is 9.62 Å². The smallest absolute Gasteiger partial charge is 0.226 e. The zero-order valence-corrected chi connectivity index (χ0v) is 17.2. The molecule has 0 fully saturated rings. The Morgan fingerprint density at radius 2 is 2.14 bits per heavy atom. The van der Waals surface area contributed by atoms with E-state index in [-0.39, 0.29) is 29.9 Å². The maximum Gasteiger partial charge on any atom is 0.226 e. The van der Waals surface area contributed by atoms with Crippen LogP contribution in [0.5, 0.6) is 0 Å². The van der Waals surface area contributed by atoms with Gasteiger partial charge in [0.25, 0.3) is 0 Å². The number of nitrogens with one attached hydrogen (secondary N) is 1. The van der Waals surface area contributed by atoms with E-state index in [0.717, 1.165) is 22.5 Å². The molecule has 2 atom stereocenters. The Bertz CT molecular complexity index is 870. The molecular weight excluding hydrogens is 404 g/mol. The van der Waals surface area contributed by atoms with E-state index in [4.69, 9.17) is 5.73 Å². The maximum absolute atomic E-state index is 13.9. The third-order valence-electron chi connectivity index (χ3n) is 4.06. The summed E-state index contributed by atoms with van der Waals surface area (Å²) in [5.74, 6) is -0.844. The van der Waals surface area contributed by atoms with Gasteiger partial charge in [-0.3, -0.25) is 4.31 Å². The monoisotopic (exact) mass is 427 g/mol. The normalized spacial score (nSPS) is 19.6. The van der Waals surface area contributed by atoms with Gasteiger partial charge in [0.05, 0.1) is 18.8 Å². The Morgan fingerprint density at radius 1 is 1.36 bits per heavy atom. The van der Waals surface area contributed by atoms with Crippen LogP contribution >= 0.6 is 11.9 Å². The van der Waals surface area contributed by atoms with Gasteiger partial charge in [0.1, 0.15) is 10.1 Å². The van der Waals surface area contributed by atoms with Crippen molar-refractivity contribution in [2.45, 2.75) is 32.1 Å². The van der Waals surface area contributed by atoms with Gasteiger partial charge in [-0.2, -0.15) is 4.36 Å². The highest BCUT2D eigenvalue weighted by molar-refractivity contribution is 8.00. The number of aliphatic imine (C=N–C) groups is 1. The Hall–Kier alpha value is -1.91. The predicted octanol–water partition coefficient (Wildman–Crippen LogP) is 3.15. The fourth-order valence-corrected chi connectivity index (χ4v) is 5.60. The second-order valence-corrected chi connectivity index (χ2v) is 9.34. The summed E-state index contributed by atoms with van der Waals surface area (Å²) in [5, 5.41) is 14.7. The first-order chi connectivity index (χ1) is 13.4. The second kappa shape index (κ2) is 9.06. The first-order valence-corrected chi connectivity index (χ1v) is 10.9. The molecule has 1 unspecified atom stereocenters. The summed E-state index contributed by atoms with van der Waals surface area (Å²) in [4.78, 5) is 4.06. The summed E-state index contributed by atoms with van der Waals surface area (Å²) < 4.78 is 33.6. The molecule has 0 amide bonds. The van der Waals surface area contributed by atoms with Gasteiger partial charge < -0.3 is 16.2 Å². The van der Waals surface area contributed by atoms with E-state index in [1.54, 1.807) is 12.3 Å². The minimum absolute atomic E-state index is 0.00299. The molecule has 2 aliphatic heterocycles. The fourth-order valence-electron chi connectivity index (χ4n) is 2.80. The fraction of sp³-hybridized carbons (Fsp3) is 0.389. The summed E-state index contributed by atoms with van der Waals surface area (Å²) in [6, 6.07) is 4.04. The summed E-state index contributed by atoms with van der Waals surface area (Å²) in [7, 11) is -0.681. The molecule has 0 aromatic heterocycles. The maximum atomic E-state index is 13.9. The largest absolute Gasteiger partial charge is 0.394 e. The van der Waals surface area contributed by atoms with Crippen LogP contribution in [0.4, 0.5) is 8.78 Å². The zero-order valence-electron chi connectivity index (χ0n) is 15.6. The second-order valence-electron chi connectivity index (χ2n) is 6.79. The van der Waals surface area contributed by atoms with Crippen LogP contribution in [0.1, 0.15) is 25.8 Å². The topological polar surface area (TPSA) is 86.2 Å². The van der Waals surface area contributed by atoms with Crippen LogP contribution in [0.15, 0.2) is 50.0 Å². The Morgan fingerprint density at radius 3 is 2.86 bits per heavy atom. The number of hydrogen-bond acceptors (Lipinski definition) is 7. The predicted molar refractivity (Wildman–Crippen MR) is 111 cm³/mol. The van der Waals surface area contributed by atoms with Crippen molar-refractivity contribution >= 4 is 28.6 Å². The van der Waals surface area contributed by atoms with E-state index < -0.39 is 22.3 Å². The van der Waals surface area contributed by atoms with Crippen molar-refractivity contribution < 1.29 is 13.9 Å². The molecule has 3 rings (SSSR count). The zero-order chi connectivity index (χ0) is 20.3. The molecule has 4 N–H and O–H groups in total. The molecule has 0 radical (unpaired) electrons. The Labute approximate surface area is 169 Å². The van der Waals surface area contributed by atoms with Gasteiger partial charge in [-0.15, -0.1) is 0 Å². The molecule has 0 aliphatic carbocycles. The SMILES string of the molecule is CC(C)C[C@H](CO)NC1=CN(SCc2cccc(F)c2F)C2=CN=C(N)N=S12. The summed E-state index contributed by atoms with van der Waals surface area (Å²) in [5.41, 5.74) is 6.05. The van der Waals surface area contributed by atoms with Crippen molar-refractivity contribution in [1.29, 1.82) is 0 Å². The van der Waals surface area contributed by atoms with Gasteiger partial charge in [0, 0.05) is 28.2 Å². The lowest BCUT2D eigenvalue weighted by Crippen LogP contribution is -2.34. The van der Waals surface area contributed by atoms with E-state index in [0.29, 0.717) is 5.92 Å². The Kier molecular flexibility index (Phi) is 6.73. The van der Waals surface area contributed by atoms with Crippen LogP contribution in [-0.4, -0.2) is 28.0 Å². The third kappa shape index (κ3) is 4.73. The molecule has 10 heteroatoms. The van der Waals surface area contributed by atoms with Crippen LogP contribution in [0.3, 0.4) is 0 Å². The van der Waals surface area contributed by atoms with E-state index in [1.807, 2.05) is 10.5 Å². The van der Waals surface area contributed by atoms with Crippen molar-refractivity contribution in [3.05, 3.63) is 57.9 Å². The molecule has 2 aliphatic rings. The first kappa shape index (κ1) is 20.8. The standard InChI is InChI=1S/C18H23F2N5OS2/c1-11(2)6-13(9-26)23-15-8-25(16-7-22-18(21)24-28(15)16)27-10-12-4-3-5-14(19)17(12)20/h3-5,7-8,11,13,23,26H,6,9-10H2,1-2H3,(H2,21,22)/t13-,28?/m1/s1. The number of aliphatic hydroxyl groups excluding tert-OH is 1. The van der Waals surface area contributed by atoms with E-state index in [1.165, 1.54) is 18.0 Å². The summed E-state index contributed by atoms with van der Waals surface area (Å²) in [6.07, 6.45) is 4.30. The van der Waals surface area contributed by atoms with Gasteiger partial charge in [-0.25, -0.2) is 13.8 Å². The lowest BCUT2D eigenvalue weighted by Gasteiger charge is -2.21. The van der Waals surface area contributed by atoms with E-state index in [9.17, 15) is 13.9 Å². The number of halogens is 2. The molecule has 152 valence electrons. The molecule has 6 nitrogen and oxygen atoms in total. The molecule has 28 heavy (non-hydrogen) atoms. The summed E-state index contributed by atoms with van der Waals surface area (Å²) in [6.45, 7) is 4.18. The lowest BCUT2D eigenvalue weighted by atomic mass is 10.0. The van der Waals surface area contributed by atoms with Crippen molar-refractivity contribution in [3.8, 4) is 0 Å². The molecule has 0 saturated heterocycles.